The van der Waals surface area contributed by atoms with Gasteiger partial charge in [0, 0.05) is 18.0 Å². The van der Waals surface area contributed by atoms with Crippen molar-refractivity contribution in [2.45, 2.75) is 19.9 Å². The van der Waals surface area contributed by atoms with Gasteiger partial charge in [0.25, 0.3) is 11.8 Å². The van der Waals surface area contributed by atoms with E-state index in [-0.39, 0.29) is 23.5 Å². The number of hydrogen-bond acceptors (Lipinski definition) is 7. The summed E-state index contributed by atoms with van der Waals surface area (Å²) in [6.07, 6.45) is 0.693. The number of thiophene rings is 1. The topological polar surface area (TPSA) is 96.0 Å². The Kier molecular flexibility index (Phi) is 6.78. The van der Waals surface area contributed by atoms with Gasteiger partial charge < -0.3 is 10.1 Å². The lowest BCUT2D eigenvalue weighted by molar-refractivity contribution is -0.116. The minimum Gasteiger partial charge on any atom is -0.465 e. The average Bonchev–Trinajstić information content (AvgIpc) is 3.23. The van der Waals surface area contributed by atoms with Crippen molar-refractivity contribution in [1.82, 2.24) is 9.80 Å². The first-order chi connectivity index (χ1) is 14.4. The molecule has 3 heterocycles. The molecule has 0 aliphatic carbocycles. The molecule has 0 fully saturated rings. The molecule has 2 aliphatic heterocycles. The number of fused-ring (bicyclic) bond motifs is 2. The Balaban J connectivity index is 0.00000272. The second-order valence-electron chi connectivity index (χ2n) is 7.11. The van der Waals surface area contributed by atoms with Crippen LogP contribution in [0.25, 0.3) is 0 Å². The minimum absolute atomic E-state index is 0. The zero-order valence-electron chi connectivity index (χ0n) is 17.1. The van der Waals surface area contributed by atoms with Crippen LogP contribution in [0.15, 0.2) is 24.3 Å². The van der Waals surface area contributed by atoms with Crippen LogP contribution < -0.4 is 5.32 Å². The summed E-state index contributed by atoms with van der Waals surface area (Å²) < 4.78 is 4.93. The zero-order valence-corrected chi connectivity index (χ0v) is 18.7. The second-order valence-corrected chi connectivity index (χ2v) is 8.21. The molecule has 1 aromatic carbocycles. The van der Waals surface area contributed by atoms with E-state index in [1.54, 1.807) is 24.3 Å². The van der Waals surface area contributed by atoms with E-state index in [4.69, 9.17) is 4.74 Å². The van der Waals surface area contributed by atoms with E-state index in [1.807, 2.05) is 0 Å². The summed E-state index contributed by atoms with van der Waals surface area (Å²) in [5.41, 5.74) is 1.84. The number of carbonyl (C=O) groups excluding carboxylic acids is 4. The summed E-state index contributed by atoms with van der Waals surface area (Å²) in [5, 5.41) is 3.12. The lowest BCUT2D eigenvalue weighted by Gasteiger charge is -2.25. The second kappa shape index (κ2) is 9.17. The first kappa shape index (κ1) is 22.9. The van der Waals surface area contributed by atoms with Gasteiger partial charge in [-0.25, -0.2) is 4.79 Å². The van der Waals surface area contributed by atoms with Crippen molar-refractivity contribution < 1.29 is 23.9 Å². The van der Waals surface area contributed by atoms with Crippen molar-refractivity contribution in [3.05, 3.63) is 51.4 Å². The number of nitrogens with zero attached hydrogens (tertiary/aromatic N) is 2. The van der Waals surface area contributed by atoms with Crippen molar-refractivity contribution in [2.75, 3.05) is 32.1 Å². The zero-order chi connectivity index (χ0) is 21.4. The van der Waals surface area contributed by atoms with Crippen LogP contribution in [0.1, 0.15) is 48.4 Å². The fourth-order valence-electron chi connectivity index (χ4n) is 3.82. The molecule has 0 unspecified atom stereocenters. The third-order valence-corrected chi connectivity index (χ3v) is 6.54. The summed E-state index contributed by atoms with van der Waals surface area (Å²) in [7, 11) is 1.30. The summed E-state index contributed by atoms with van der Waals surface area (Å²) in [6, 6.07) is 6.48. The molecule has 1 N–H and O–H groups in total. The fraction of sp³-hybridized carbons (Fsp3) is 0.333. The van der Waals surface area contributed by atoms with E-state index in [0.717, 1.165) is 28.4 Å². The number of hydrogen-bond donors (Lipinski definition) is 1. The summed E-state index contributed by atoms with van der Waals surface area (Å²) in [6.45, 7) is 4.08. The predicted octanol–water partition coefficient (Wildman–Crippen LogP) is 2.57. The summed E-state index contributed by atoms with van der Waals surface area (Å²) in [4.78, 5) is 54.3. The third-order valence-electron chi connectivity index (χ3n) is 5.41. The Labute approximate surface area is 189 Å². The molecule has 4 rings (SSSR count). The predicted molar refractivity (Wildman–Crippen MR) is 118 cm³/mol. The maximum atomic E-state index is 12.7. The quantitative estimate of drug-likeness (QED) is 0.540. The van der Waals surface area contributed by atoms with Gasteiger partial charge in [-0.3, -0.25) is 24.2 Å². The van der Waals surface area contributed by atoms with Crippen LogP contribution in [0.5, 0.6) is 0 Å². The van der Waals surface area contributed by atoms with Crippen LogP contribution in [0, 0.1) is 0 Å². The number of methoxy groups -OCH3 is 1. The first-order valence-electron chi connectivity index (χ1n) is 9.64. The molecule has 0 saturated heterocycles. The summed E-state index contributed by atoms with van der Waals surface area (Å²) >= 11 is 1.34. The smallest absolute Gasteiger partial charge is 0.341 e. The molecule has 1 aromatic heterocycles. The average molecular weight is 464 g/mol. The molecular weight excluding hydrogens is 442 g/mol. The highest BCUT2D eigenvalue weighted by Gasteiger charge is 2.37. The van der Waals surface area contributed by atoms with Gasteiger partial charge in [0.15, 0.2) is 0 Å². The number of anilines is 1. The Morgan fingerprint density at radius 2 is 1.81 bits per heavy atom. The Morgan fingerprint density at radius 3 is 2.39 bits per heavy atom. The molecule has 8 nitrogen and oxygen atoms in total. The maximum absolute atomic E-state index is 12.7. The molecule has 2 aliphatic rings. The van der Waals surface area contributed by atoms with E-state index < -0.39 is 30.2 Å². The standard InChI is InChI=1S/C21H21N3O5S.ClH/c1-3-23-9-8-14-15(10-23)30-18(17(14)21(28)29-2)22-16(25)11-24-19(26)12-6-4-5-7-13(12)20(24)27;/h4-7H,3,8-11H2,1-2H3,(H,22,25);1H. The van der Waals surface area contributed by atoms with Crippen LogP contribution >= 0.6 is 23.7 Å². The lowest BCUT2D eigenvalue weighted by atomic mass is 10.0. The minimum atomic E-state index is -0.541. The number of amides is 3. The number of ether oxygens (including phenoxy) is 1. The molecule has 31 heavy (non-hydrogen) atoms. The number of benzene rings is 1. The molecule has 0 radical (unpaired) electrons. The van der Waals surface area contributed by atoms with Gasteiger partial charge in [-0.1, -0.05) is 19.1 Å². The molecule has 164 valence electrons. The highest BCUT2D eigenvalue weighted by molar-refractivity contribution is 7.17. The van der Waals surface area contributed by atoms with Crippen LogP contribution in [0.3, 0.4) is 0 Å². The van der Waals surface area contributed by atoms with Crippen LogP contribution in [0.2, 0.25) is 0 Å². The maximum Gasteiger partial charge on any atom is 0.341 e. The van der Waals surface area contributed by atoms with Gasteiger partial charge in [-0.05, 0) is 30.7 Å². The Morgan fingerprint density at radius 1 is 1.16 bits per heavy atom. The lowest BCUT2D eigenvalue weighted by Crippen LogP contribution is -2.37. The van der Waals surface area contributed by atoms with Crippen molar-refractivity contribution in [1.29, 1.82) is 0 Å². The van der Waals surface area contributed by atoms with Crippen LogP contribution in [-0.4, -0.2) is 60.2 Å². The Bertz CT molecular complexity index is 1030. The molecule has 3 amide bonds. The van der Waals surface area contributed by atoms with Gasteiger partial charge >= 0.3 is 5.97 Å². The largest absolute Gasteiger partial charge is 0.465 e. The van der Waals surface area contributed by atoms with Crippen molar-refractivity contribution in [2.24, 2.45) is 0 Å². The number of imide groups is 1. The van der Waals surface area contributed by atoms with E-state index in [9.17, 15) is 19.2 Å². The number of nitrogens with one attached hydrogen (secondary N) is 1. The highest BCUT2D eigenvalue weighted by atomic mass is 35.5. The Hall–Kier alpha value is -2.75. The first-order valence-corrected chi connectivity index (χ1v) is 10.5. The summed E-state index contributed by atoms with van der Waals surface area (Å²) in [5.74, 6) is -2.04. The molecule has 10 heteroatoms. The normalized spacial score (nSPS) is 15.2. The number of likely N-dealkylation sites (N-methyl/N-ethyl adjacent to an activating group) is 1. The van der Waals surface area contributed by atoms with Gasteiger partial charge in [-0.15, -0.1) is 23.7 Å². The monoisotopic (exact) mass is 463 g/mol. The van der Waals surface area contributed by atoms with Gasteiger partial charge in [0.05, 0.1) is 23.8 Å². The van der Waals surface area contributed by atoms with E-state index in [1.165, 1.54) is 18.4 Å². The van der Waals surface area contributed by atoms with Gasteiger partial charge in [0.2, 0.25) is 5.91 Å². The highest BCUT2D eigenvalue weighted by Crippen LogP contribution is 2.37. The molecule has 0 spiro atoms. The number of halogens is 1. The van der Waals surface area contributed by atoms with E-state index in [0.29, 0.717) is 23.5 Å². The number of esters is 1. The van der Waals surface area contributed by atoms with Crippen molar-refractivity contribution >= 4 is 52.4 Å². The third kappa shape index (κ3) is 4.08. The molecule has 0 atom stereocenters. The van der Waals surface area contributed by atoms with Crippen LogP contribution in [-0.2, 0) is 22.5 Å². The van der Waals surface area contributed by atoms with Gasteiger partial charge in [0.1, 0.15) is 11.5 Å². The SMILES string of the molecule is CCN1CCc2c(sc(NC(=O)CN3C(=O)c4ccccc4C3=O)c2C(=O)OC)C1.Cl. The van der Waals surface area contributed by atoms with Crippen molar-refractivity contribution in [3.8, 4) is 0 Å². The fourth-order valence-corrected chi connectivity index (χ4v) is 5.12. The number of carbonyl (C=O) groups is 4. The molecular formula is C21H22ClN3O5S. The molecule has 0 bridgehead atoms. The molecule has 2 aromatic rings. The van der Waals surface area contributed by atoms with E-state index in [2.05, 4.69) is 17.1 Å². The molecule has 0 saturated carbocycles. The van der Waals surface area contributed by atoms with Gasteiger partial charge in [-0.2, -0.15) is 0 Å². The van der Waals surface area contributed by atoms with Crippen LogP contribution in [0.4, 0.5) is 5.00 Å². The van der Waals surface area contributed by atoms with Crippen molar-refractivity contribution in [3.63, 3.8) is 0 Å². The number of rotatable bonds is 5. The van der Waals surface area contributed by atoms with E-state index >= 15 is 0 Å².